The number of carbonyl (C=O) groups is 2. The zero-order valence-electron chi connectivity index (χ0n) is 24.3. The molecule has 5 rings (SSSR count). The average molecular weight is 637 g/mol. The number of anilines is 2. The van der Waals surface area contributed by atoms with Crippen LogP contribution in [0.1, 0.15) is 30.0 Å². The third-order valence-corrected chi connectivity index (χ3v) is 7.15. The quantitative estimate of drug-likeness (QED) is 0.236. The third-order valence-electron chi connectivity index (χ3n) is 6.91. The highest BCUT2D eigenvalue weighted by Crippen LogP contribution is 2.39. The maximum absolute atomic E-state index is 14.2. The Hall–Kier alpha value is -4.32. The fourth-order valence-electron chi connectivity index (χ4n) is 4.66. The van der Waals surface area contributed by atoms with Crippen LogP contribution in [0.4, 0.5) is 24.5 Å². The summed E-state index contributed by atoms with van der Waals surface area (Å²) >= 11 is 6.20. The number of amides is 1. The van der Waals surface area contributed by atoms with Crippen LogP contribution in [0.3, 0.4) is 0 Å². The van der Waals surface area contributed by atoms with E-state index in [2.05, 4.69) is 14.8 Å². The molecular weight excluding hydrogens is 605 g/mol. The summed E-state index contributed by atoms with van der Waals surface area (Å²) in [5.74, 6) is 1.24. The van der Waals surface area contributed by atoms with Crippen molar-refractivity contribution in [2.45, 2.75) is 31.7 Å². The van der Waals surface area contributed by atoms with Gasteiger partial charge in [0.05, 0.1) is 33.6 Å². The summed E-state index contributed by atoms with van der Waals surface area (Å²) in [5.41, 5.74) is 2.14. The highest BCUT2D eigenvalue weighted by molar-refractivity contribution is 6.30. The first-order valence-electron chi connectivity index (χ1n) is 13.6. The van der Waals surface area contributed by atoms with Crippen molar-refractivity contribution in [2.75, 3.05) is 44.7 Å². The number of rotatable bonds is 11. The van der Waals surface area contributed by atoms with Crippen LogP contribution in [0.2, 0.25) is 5.02 Å². The van der Waals surface area contributed by atoms with Gasteiger partial charge in [-0.3, -0.25) is 9.59 Å². The van der Waals surface area contributed by atoms with Gasteiger partial charge in [-0.15, -0.1) is 13.2 Å². The molecule has 2 aliphatic rings. The van der Waals surface area contributed by atoms with E-state index >= 15 is 0 Å². The van der Waals surface area contributed by atoms with E-state index in [1.165, 1.54) is 38.4 Å². The molecule has 1 aliphatic carbocycles. The van der Waals surface area contributed by atoms with Gasteiger partial charge in [0.25, 0.3) is 12.4 Å². The topological polar surface area (TPSA) is 95.6 Å². The van der Waals surface area contributed by atoms with Gasteiger partial charge in [0.15, 0.2) is 0 Å². The highest BCUT2D eigenvalue weighted by atomic mass is 35.5. The minimum atomic E-state index is -4.85. The number of alkyl halides is 3. The Kier molecular flexibility index (Phi) is 10.7. The van der Waals surface area contributed by atoms with E-state index in [1.807, 2.05) is 0 Å². The van der Waals surface area contributed by atoms with Gasteiger partial charge in [-0.25, -0.2) is 0 Å². The predicted molar refractivity (Wildman–Crippen MR) is 158 cm³/mol. The van der Waals surface area contributed by atoms with Crippen molar-refractivity contribution in [3.05, 3.63) is 70.7 Å². The summed E-state index contributed by atoms with van der Waals surface area (Å²) in [7, 11) is 4.32. The Morgan fingerprint density at radius 1 is 1.02 bits per heavy atom. The largest absolute Gasteiger partial charge is 0.573 e. The maximum Gasteiger partial charge on any atom is 0.573 e. The summed E-state index contributed by atoms with van der Waals surface area (Å²) in [4.78, 5) is 24.6. The molecule has 13 heteroatoms. The van der Waals surface area contributed by atoms with E-state index in [1.54, 1.807) is 42.5 Å². The van der Waals surface area contributed by atoms with Crippen molar-refractivity contribution in [3.8, 4) is 23.0 Å². The number of ether oxygens (including phenoxy) is 5. The standard InChI is InChI=1S/C29H28ClF3N2O5.C2H4O2/c1-37-22-12-20(13-23(14-22)39-16-17-3-4-17)34-27(24-8-6-19(30)11-26(24)38-2)28(36)35-10-9-18-5-7-21(15-25(18)35)40-29(31,32)33;1-4-2-3/h5-8,11-15,17,27,34H,3-4,9-10,16H2,1-2H3;2H,1H3. The molecule has 0 spiro atoms. The second-order valence-electron chi connectivity index (χ2n) is 10.0. The van der Waals surface area contributed by atoms with Gasteiger partial charge in [0.1, 0.15) is 29.0 Å². The van der Waals surface area contributed by atoms with Crippen LogP contribution in [0, 0.1) is 5.92 Å². The van der Waals surface area contributed by atoms with E-state index in [9.17, 15) is 18.0 Å². The van der Waals surface area contributed by atoms with Crippen molar-refractivity contribution >= 4 is 35.4 Å². The molecule has 3 aromatic rings. The predicted octanol–water partition coefficient (Wildman–Crippen LogP) is 6.58. The van der Waals surface area contributed by atoms with Gasteiger partial charge in [0.2, 0.25) is 0 Å². The molecular formula is C31H32ClF3N2O7. The number of hydrogen-bond acceptors (Lipinski definition) is 8. The second-order valence-corrected chi connectivity index (χ2v) is 10.5. The zero-order valence-corrected chi connectivity index (χ0v) is 25.0. The molecule has 0 aromatic heterocycles. The van der Waals surface area contributed by atoms with Crippen LogP contribution in [0.15, 0.2) is 54.6 Å². The Balaban J connectivity index is 0.00000104. The molecule has 1 heterocycles. The molecule has 1 aliphatic heterocycles. The van der Waals surface area contributed by atoms with Gasteiger partial charge in [-0.05, 0) is 48.9 Å². The van der Waals surface area contributed by atoms with Crippen molar-refractivity contribution in [1.82, 2.24) is 0 Å². The Labute approximate surface area is 257 Å². The van der Waals surface area contributed by atoms with Crippen LogP contribution in [-0.4, -0.2) is 53.2 Å². The van der Waals surface area contributed by atoms with Crippen LogP contribution in [0.25, 0.3) is 0 Å². The van der Waals surface area contributed by atoms with Gasteiger partial charge in [-0.1, -0.05) is 23.7 Å². The smallest absolute Gasteiger partial charge is 0.497 e. The lowest BCUT2D eigenvalue weighted by molar-refractivity contribution is -0.274. The fraction of sp³-hybridized carbons (Fsp3) is 0.355. The monoisotopic (exact) mass is 636 g/mol. The Bertz CT molecular complexity index is 1470. The highest BCUT2D eigenvalue weighted by Gasteiger charge is 2.35. The van der Waals surface area contributed by atoms with E-state index in [-0.39, 0.29) is 6.54 Å². The van der Waals surface area contributed by atoms with Crippen LogP contribution >= 0.6 is 11.6 Å². The van der Waals surface area contributed by atoms with E-state index in [4.69, 9.17) is 30.6 Å². The lowest BCUT2D eigenvalue weighted by Gasteiger charge is -2.27. The molecule has 0 bridgehead atoms. The first-order chi connectivity index (χ1) is 21.0. The minimum Gasteiger partial charge on any atom is -0.497 e. The van der Waals surface area contributed by atoms with E-state index in [0.29, 0.717) is 64.6 Å². The summed E-state index contributed by atoms with van der Waals surface area (Å²) in [5, 5.41) is 3.70. The molecule has 1 amide bonds. The molecule has 9 nitrogen and oxygen atoms in total. The molecule has 0 radical (unpaired) electrons. The Morgan fingerprint density at radius 3 is 2.39 bits per heavy atom. The first-order valence-corrected chi connectivity index (χ1v) is 14.0. The molecule has 1 unspecified atom stereocenters. The lowest BCUT2D eigenvalue weighted by Crippen LogP contribution is -2.37. The number of fused-ring (bicyclic) bond motifs is 1. The van der Waals surface area contributed by atoms with Crippen molar-refractivity contribution < 1.29 is 46.4 Å². The summed E-state index contributed by atoms with van der Waals surface area (Å²) < 4.78 is 63.6. The van der Waals surface area contributed by atoms with Gasteiger partial charge in [-0.2, -0.15) is 0 Å². The summed E-state index contributed by atoms with van der Waals surface area (Å²) in [6.07, 6.45) is -2.10. The van der Waals surface area contributed by atoms with Crippen molar-refractivity contribution in [3.63, 3.8) is 0 Å². The average Bonchev–Trinajstić information content (AvgIpc) is 3.75. The fourth-order valence-corrected chi connectivity index (χ4v) is 4.82. The van der Waals surface area contributed by atoms with E-state index < -0.39 is 24.1 Å². The number of nitrogens with zero attached hydrogens (tertiary/aromatic N) is 1. The van der Waals surface area contributed by atoms with Crippen molar-refractivity contribution in [2.24, 2.45) is 5.92 Å². The molecule has 0 saturated heterocycles. The number of hydrogen-bond donors (Lipinski definition) is 1. The summed E-state index contributed by atoms with van der Waals surface area (Å²) in [6, 6.07) is 13.2. The number of nitrogens with one attached hydrogen (secondary N) is 1. The van der Waals surface area contributed by atoms with Crippen LogP contribution in [0.5, 0.6) is 23.0 Å². The number of carbonyl (C=O) groups excluding carboxylic acids is 2. The van der Waals surface area contributed by atoms with Crippen LogP contribution in [-0.2, 0) is 20.7 Å². The van der Waals surface area contributed by atoms with Gasteiger partial charge in [0, 0.05) is 47.1 Å². The van der Waals surface area contributed by atoms with Crippen LogP contribution < -0.4 is 29.2 Å². The lowest BCUT2D eigenvalue weighted by atomic mass is 10.0. The maximum atomic E-state index is 14.2. The summed E-state index contributed by atoms with van der Waals surface area (Å²) in [6.45, 7) is 1.25. The molecule has 44 heavy (non-hydrogen) atoms. The SMILES string of the molecule is COC=O.COc1cc(NC(C(=O)N2CCc3ccc(OC(F)(F)F)cc32)c2ccc(Cl)cc2OC)cc(OCC2CC2)c1. The molecule has 236 valence electrons. The zero-order chi connectivity index (χ0) is 31.9. The Morgan fingerprint density at radius 2 is 1.75 bits per heavy atom. The van der Waals surface area contributed by atoms with E-state index in [0.717, 1.165) is 18.4 Å². The molecule has 1 N–H and O–H groups in total. The second kappa shape index (κ2) is 14.4. The van der Waals surface area contributed by atoms with Gasteiger partial charge < -0.3 is 33.9 Å². The molecule has 1 fully saturated rings. The number of halogens is 4. The molecule has 3 aromatic carbocycles. The number of methoxy groups -OCH3 is 3. The normalized spacial score (nSPS) is 14.4. The molecule has 1 saturated carbocycles. The first kappa shape index (κ1) is 32.6. The third kappa shape index (κ3) is 8.62. The van der Waals surface area contributed by atoms with Gasteiger partial charge >= 0.3 is 6.36 Å². The number of benzene rings is 3. The molecule has 1 atom stereocenters. The minimum absolute atomic E-state index is 0.283. The van der Waals surface area contributed by atoms with Crippen molar-refractivity contribution in [1.29, 1.82) is 0 Å².